The first-order valence-corrected chi connectivity index (χ1v) is 12.2. The molecule has 0 heterocycles. The zero-order valence-electron chi connectivity index (χ0n) is 14.8. The molecule has 140 valence electrons. The topological polar surface area (TPSA) is 77.8 Å². The standard InChI is InChI=1S/C21H20P.H3O4P/c1-4-10-18(11-5-1)22(21-16-17-21,19-12-6-2-7-13-19)20-14-8-3-9-15-20;1-5(2,3)4/h1-15,21H,16-17H2;(H3,1,2,3,4)/q+1;. The van der Waals surface area contributed by atoms with E-state index in [0.717, 1.165) is 5.66 Å². The summed E-state index contributed by atoms with van der Waals surface area (Å²) in [4.78, 5) is 21.6. The molecule has 1 aliphatic carbocycles. The maximum atomic E-state index is 8.88. The van der Waals surface area contributed by atoms with Crippen LogP contribution in [0, 0.1) is 0 Å². The van der Waals surface area contributed by atoms with Crippen molar-refractivity contribution >= 4 is 31.0 Å². The van der Waals surface area contributed by atoms with Crippen molar-refractivity contribution in [2.45, 2.75) is 18.5 Å². The van der Waals surface area contributed by atoms with Gasteiger partial charge in [0.25, 0.3) is 0 Å². The molecule has 3 aromatic rings. The maximum absolute atomic E-state index is 8.88. The van der Waals surface area contributed by atoms with Crippen LogP contribution in [-0.4, -0.2) is 20.3 Å². The SMILES string of the molecule is O=P(O)(O)O.c1ccc([P+](c2ccccc2)(c2ccccc2)C2CC2)cc1. The normalized spacial score (nSPS) is 14.2. The average molecular weight is 401 g/mol. The van der Waals surface area contributed by atoms with Gasteiger partial charge in [-0.15, -0.1) is 0 Å². The molecule has 4 nitrogen and oxygen atoms in total. The van der Waals surface area contributed by atoms with Gasteiger partial charge in [0, 0.05) is 0 Å². The number of hydrogen-bond acceptors (Lipinski definition) is 1. The van der Waals surface area contributed by atoms with Gasteiger partial charge in [-0.3, -0.25) is 0 Å². The summed E-state index contributed by atoms with van der Waals surface area (Å²) in [5.74, 6) is 0. The van der Waals surface area contributed by atoms with Crippen LogP contribution >= 0.6 is 15.1 Å². The monoisotopic (exact) mass is 401 g/mol. The second-order valence-electron chi connectivity index (χ2n) is 6.47. The molecule has 27 heavy (non-hydrogen) atoms. The van der Waals surface area contributed by atoms with E-state index >= 15 is 0 Å². The predicted octanol–water partition coefficient (Wildman–Crippen LogP) is 3.21. The highest BCUT2D eigenvalue weighted by Crippen LogP contribution is 2.67. The molecule has 1 saturated carbocycles. The Balaban J connectivity index is 0.000000376. The Labute approximate surface area is 160 Å². The largest absolute Gasteiger partial charge is 0.466 e. The van der Waals surface area contributed by atoms with E-state index in [1.165, 1.54) is 28.8 Å². The van der Waals surface area contributed by atoms with E-state index in [1.54, 1.807) is 0 Å². The first-order chi connectivity index (χ1) is 12.9. The molecular weight excluding hydrogens is 378 g/mol. The summed E-state index contributed by atoms with van der Waals surface area (Å²) in [6.45, 7) is 0. The van der Waals surface area contributed by atoms with Crippen molar-refractivity contribution in [1.82, 2.24) is 0 Å². The molecule has 3 aromatic carbocycles. The summed E-state index contributed by atoms with van der Waals surface area (Å²) in [5, 5.41) is 4.57. The van der Waals surface area contributed by atoms with Crippen molar-refractivity contribution in [3.05, 3.63) is 91.0 Å². The van der Waals surface area contributed by atoms with E-state index in [9.17, 15) is 0 Å². The minimum absolute atomic E-state index is 0.805. The van der Waals surface area contributed by atoms with Crippen molar-refractivity contribution in [2.24, 2.45) is 0 Å². The van der Waals surface area contributed by atoms with Crippen LogP contribution in [0.5, 0.6) is 0 Å². The molecule has 0 atom stereocenters. The fourth-order valence-electron chi connectivity index (χ4n) is 3.53. The lowest BCUT2D eigenvalue weighted by Crippen LogP contribution is -2.34. The van der Waals surface area contributed by atoms with Crippen LogP contribution in [0.15, 0.2) is 91.0 Å². The van der Waals surface area contributed by atoms with Crippen LogP contribution in [0.3, 0.4) is 0 Å². The molecule has 0 spiro atoms. The van der Waals surface area contributed by atoms with Crippen molar-refractivity contribution in [2.75, 3.05) is 0 Å². The van der Waals surface area contributed by atoms with E-state index < -0.39 is 15.1 Å². The summed E-state index contributed by atoms with van der Waals surface area (Å²) in [6.07, 6.45) is 2.71. The van der Waals surface area contributed by atoms with Gasteiger partial charge in [0.05, 0.1) is 5.66 Å². The van der Waals surface area contributed by atoms with Crippen molar-refractivity contribution in [1.29, 1.82) is 0 Å². The minimum atomic E-state index is -4.64. The molecule has 0 unspecified atom stereocenters. The summed E-state index contributed by atoms with van der Waals surface area (Å²) in [7, 11) is -6.15. The summed E-state index contributed by atoms with van der Waals surface area (Å²) >= 11 is 0. The Morgan fingerprint density at radius 3 is 1.11 bits per heavy atom. The Hall–Kier alpha value is -1.80. The molecule has 1 aliphatic rings. The van der Waals surface area contributed by atoms with E-state index in [2.05, 4.69) is 91.0 Å². The maximum Gasteiger partial charge on any atom is 0.466 e. The second kappa shape index (κ2) is 8.48. The fourth-order valence-corrected chi connectivity index (χ4v) is 8.54. The van der Waals surface area contributed by atoms with Crippen LogP contribution in [0.25, 0.3) is 0 Å². The Morgan fingerprint density at radius 2 is 0.889 bits per heavy atom. The zero-order chi connectivity index (χ0) is 19.3. The van der Waals surface area contributed by atoms with Gasteiger partial charge in [0.15, 0.2) is 0 Å². The number of rotatable bonds is 4. The molecule has 0 amide bonds. The van der Waals surface area contributed by atoms with E-state index in [1.807, 2.05) is 0 Å². The Morgan fingerprint density at radius 1 is 0.630 bits per heavy atom. The van der Waals surface area contributed by atoms with Crippen molar-refractivity contribution < 1.29 is 19.2 Å². The van der Waals surface area contributed by atoms with Gasteiger partial charge in [-0.25, -0.2) is 4.57 Å². The molecule has 3 N–H and O–H groups in total. The first kappa shape index (κ1) is 19.9. The first-order valence-electron chi connectivity index (χ1n) is 8.76. The van der Waals surface area contributed by atoms with E-state index in [-0.39, 0.29) is 0 Å². The fraction of sp³-hybridized carbons (Fsp3) is 0.143. The second-order valence-corrected chi connectivity index (χ2v) is 11.2. The van der Waals surface area contributed by atoms with Crippen LogP contribution in [-0.2, 0) is 4.57 Å². The smallest absolute Gasteiger partial charge is 0.303 e. The van der Waals surface area contributed by atoms with Crippen LogP contribution in [0.4, 0.5) is 0 Å². The molecular formula is C21H23O4P2+. The van der Waals surface area contributed by atoms with Gasteiger partial charge in [-0.1, -0.05) is 54.6 Å². The third-order valence-corrected chi connectivity index (χ3v) is 9.53. The van der Waals surface area contributed by atoms with Gasteiger partial charge >= 0.3 is 7.82 Å². The molecule has 0 radical (unpaired) electrons. The van der Waals surface area contributed by atoms with Gasteiger partial charge < -0.3 is 14.7 Å². The molecule has 0 aliphatic heterocycles. The molecule has 6 heteroatoms. The summed E-state index contributed by atoms with van der Waals surface area (Å²) in [5.41, 5.74) is 0.805. The average Bonchev–Trinajstić information content (AvgIpc) is 3.49. The Kier molecular flexibility index (Phi) is 6.26. The summed E-state index contributed by atoms with van der Waals surface area (Å²) < 4.78 is 8.88. The highest BCUT2D eigenvalue weighted by molar-refractivity contribution is 7.96. The lowest BCUT2D eigenvalue weighted by Gasteiger charge is -2.27. The van der Waals surface area contributed by atoms with Crippen molar-refractivity contribution in [3.8, 4) is 0 Å². The van der Waals surface area contributed by atoms with Gasteiger partial charge in [-0.2, -0.15) is 0 Å². The lowest BCUT2D eigenvalue weighted by atomic mass is 10.4. The third-order valence-electron chi connectivity index (χ3n) is 4.58. The van der Waals surface area contributed by atoms with Crippen molar-refractivity contribution in [3.63, 3.8) is 0 Å². The lowest BCUT2D eigenvalue weighted by molar-refractivity contribution is 0.275. The van der Waals surface area contributed by atoms with Crippen LogP contribution < -0.4 is 15.9 Å². The Bertz CT molecular complexity index is 786. The number of hydrogen-bond donors (Lipinski definition) is 3. The van der Waals surface area contributed by atoms with E-state index in [4.69, 9.17) is 19.2 Å². The van der Waals surface area contributed by atoms with Crippen LogP contribution in [0.2, 0.25) is 0 Å². The third kappa shape index (κ3) is 4.93. The number of phosphoric acid groups is 1. The molecule has 0 bridgehead atoms. The molecule has 4 rings (SSSR count). The molecule has 0 aromatic heterocycles. The van der Waals surface area contributed by atoms with E-state index in [0.29, 0.717) is 0 Å². The van der Waals surface area contributed by atoms with Gasteiger partial charge in [-0.05, 0) is 49.2 Å². The summed E-state index contributed by atoms with van der Waals surface area (Å²) in [6, 6.07) is 33.6. The molecule has 1 fully saturated rings. The highest BCUT2D eigenvalue weighted by atomic mass is 31.2. The highest BCUT2D eigenvalue weighted by Gasteiger charge is 2.57. The minimum Gasteiger partial charge on any atom is -0.303 e. The molecule has 0 saturated heterocycles. The zero-order valence-corrected chi connectivity index (χ0v) is 16.6. The van der Waals surface area contributed by atoms with Gasteiger partial charge in [0.2, 0.25) is 0 Å². The number of benzene rings is 3. The van der Waals surface area contributed by atoms with Gasteiger partial charge in [0.1, 0.15) is 23.2 Å². The predicted molar refractivity (Wildman–Crippen MR) is 112 cm³/mol. The quantitative estimate of drug-likeness (QED) is 0.587. The van der Waals surface area contributed by atoms with Crippen LogP contribution in [0.1, 0.15) is 12.8 Å².